The molecule has 0 atom stereocenters. The molecule has 2 aromatic rings. The first-order valence-corrected chi connectivity index (χ1v) is 7.94. The van der Waals surface area contributed by atoms with E-state index in [1.807, 2.05) is 30.6 Å². The van der Waals surface area contributed by atoms with E-state index in [4.69, 9.17) is 0 Å². The number of thiazole rings is 1. The van der Waals surface area contributed by atoms with Gasteiger partial charge in [-0.2, -0.15) is 0 Å². The zero-order valence-electron chi connectivity index (χ0n) is 11.6. The van der Waals surface area contributed by atoms with E-state index in [-0.39, 0.29) is 5.78 Å². The van der Waals surface area contributed by atoms with Crippen LogP contribution in [0, 0.1) is 6.92 Å². The molecule has 0 radical (unpaired) electrons. The quantitative estimate of drug-likeness (QED) is 0.880. The number of carbonyl (C=O) groups is 1. The summed E-state index contributed by atoms with van der Waals surface area (Å²) < 4.78 is 2.16. The maximum Gasteiger partial charge on any atom is 0.186 e. The average Bonchev–Trinajstić information content (AvgIpc) is 3.09. The summed E-state index contributed by atoms with van der Waals surface area (Å²) in [5.41, 5.74) is 1.82. The van der Waals surface area contributed by atoms with Crippen LogP contribution in [0.25, 0.3) is 0 Å². The second-order valence-electron chi connectivity index (χ2n) is 5.26. The van der Waals surface area contributed by atoms with Gasteiger partial charge in [0.15, 0.2) is 5.78 Å². The van der Waals surface area contributed by atoms with Crippen molar-refractivity contribution >= 4 is 17.1 Å². The minimum absolute atomic E-state index is 0.169. The molecule has 5 heteroatoms. The molecular formula is C15H19N3OS. The van der Waals surface area contributed by atoms with Crippen LogP contribution in [0.4, 0.5) is 0 Å². The molecule has 1 fully saturated rings. The lowest BCUT2D eigenvalue weighted by molar-refractivity contribution is 0.0980. The summed E-state index contributed by atoms with van der Waals surface area (Å²) in [4.78, 5) is 16.9. The van der Waals surface area contributed by atoms with Gasteiger partial charge in [0.25, 0.3) is 0 Å². The number of hydrogen-bond donors (Lipinski definition) is 1. The number of rotatable bonds is 4. The molecule has 2 aromatic heterocycles. The lowest BCUT2D eigenvalue weighted by Crippen LogP contribution is -2.30. The molecule has 4 nitrogen and oxygen atoms in total. The fraction of sp³-hybridized carbons (Fsp3) is 0.467. The summed E-state index contributed by atoms with van der Waals surface area (Å²) >= 11 is 1.57. The van der Waals surface area contributed by atoms with E-state index in [2.05, 4.69) is 14.9 Å². The summed E-state index contributed by atoms with van der Waals surface area (Å²) in [5, 5.41) is 6.26. The van der Waals surface area contributed by atoms with Gasteiger partial charge < -0.3 is 9.88 Å². The van der Waals surface area contributed by atoms with Crippen molar-refractivity contribution in [3.05, 3.63) is 40.1 Å². The Labute approximate surface area is 122 Å². The number of nitrogens with one attached hydrogen (secondary N) is 1. The fourth-order valence-electron chi connectivity index (χ4n) is 2.75. The van der Waals surface area contributed by atoms with Crippen molar-refractivity contribution in [3.8, 4) is 0 Å². The molecule has 0 unspecified atom stereocenters. The zero-order valence-corrected chi connectivity index (χ0v) is 12.4. The average molecular weight is 289 g/mol. The normalized spacial score (nSPS) is 16.4. The number of aryl methyl sites for hydroxylation is 1. The standard InChI is InChI=1S/C15H19N3OS/c1-11-10-20-15(17-11)9-14(19)13-3-2-8-18(13)12-4-6-16-7-5-12/h2-3,8,10,12,16H,4-7,9H2,1H3. The second-order valence-corrected chi connectivity index (χ2v) is 6.21. The third kappa shape index (κ3) is 2.83. The van der Waals surface area contributed by atoms with Gasteiger partial charge in [0.2, 0.25) is 0 Å². The molecule has 0 aliphatic carbocycles. The van der Waals surface area contributed by atoms with Crippen molar-refractivity contribution in [3.63, 3.8) is 0 Å². The SMILES string of the molecule is Cc1csc(CC(=O)c2cccn2C2CCNCC2)n1. The van der Waals surface area contributed by atoms with Crippen molar-refractivity contribution in [2.24, 2.45) is 0 Å². The van der Waals surface area contributed by atoms with E-state index in [1.54, 1.807) is 11.3 Å². The number of Topliss-reactive ketones (excluding diaryl/α,β-unsaturated/α-hetero) is 1. The van der Waals surface area contributed by atoms with Crippen LogP contribution in [0.3, 0.4) is 0 Å². The highest BCUT2D eigenvalue weighted by Gasteiger charge is 2.20. The van der Waals surface area contributed by atoms with Crippen LogP contribution in [-0.4, -0.2) is 28.4 Å². The van der Waals surface area contributed by atoms with E-state index in [0.29, 0.717) is 12.5 Å². The van der Waals surface area contributed by atoms with Crippen molar-refractivity contribution in [2.45, 2.75) is 32.2 Å². The maximum atomic E-state index is 12.5. The highest BCUT2D eigenvalue weighted by atomic mass is 32.1. The molecule has 106 valence electrons. The van der Waals surface area contributed by atoms with Crippen molar-refractivity contribution in [2.75, 3.05) is 13.1 Å². The van der Waals surface area contributed by atoms with Crippen LogP contribution in [0.1, 0.15) is 40.1 Å². The topological polar surface area (TPSA) is 46.9 Å². The van der Waals surface area contributed by atoms with Crippen LogP contribution in [0.2, 0.25) is 0 Å². The van der Waals surface area contributed by atoms with Gasteiger partial charge in [0.1, 0.15) is 5.01 Å². The van der Waals surface area contributed by atoms with Crippen LogP contribution in [-0.2, 0) is 6.42 Å². The van der Waals surface area contributed by atoms with Gasteiger partial charge in [-0.25, -0.2) is 4.98 Å². The maximum absolute atomic E-state index is 12.5. The first-order chi connectivity index (χ1) is 9.74. The largest absolute Gasteiger partial charge is 0.342 e. The van der Waals surface area contributed by atoms with E-state index < -0.39 is 0 Å². The van der Waals surface area contributed by atoms with E-state index in [1.165, 1.54) is 0 Å². The first-order valence-electron chi connectivity index (χ1n) is 7.06. The fourth-order valence-corrected chi connectivity index (χ4v) is 3.52. The molecule has 1 aliphatic heterocycles. The molecule has 1 saturated heterocycles. The molecule has 0 bridgehead atoms. The number of nitrogens with zero attached hydrogens (tertiary/aromatic N) is 2. The Morgan fingerprint density at radius 2 is 2.30 bits per heavy atom. The minimum Gasteiger partial charge on any atom is -0.342 e. The molecule has 20 heavy (non-hydrogen) atoms. The molecule has 0 amide bonds. The Morgan fingerprint density at radius 1 is 1.50 bits per heavy atom. The van der Waals surface area contributed by atoms with Gasteiger partial charge in [0.05, 0.1) is 12.1 Å². The molecule has 3 rings (SSSR count). The molecule has 3 heterocycles. The van der Waals surface area contributed by atoms with Gasteiger partial charge in [-0.05, 0) is 45.0 Å². The van der Waals surface area contributed by atoms with Crippen molar-refractivity contribution < 1.29 is 4.79 Å². The summed E-state index contributed by atoms with van der Waals surface area (Å²) in [5.74, 6) is 0.169. The second kappa shape index (κ2) is 5.89. The summed E-state index contributed by atoms with van der Waals surface area (Å²) in [6, 6.07) is 4.36. The van der Waals surface area contributed by atoms with Crippen molar-refractivity contribution in [1.29, 1.82) is 0 Å². The lowest BCUT2D eigenvalue weighted by Gasteiger charge is -2.25. The smallest absolute Gasteiger partial charge is 0.186 e. The molecule has 1 N–H and O–H groups in total. The van der Waals surface area contributed by atoms with Crippen LogP contribution >= 0.6 is 11.3 Å². The summed E-state index contributed by atoms with van der Waals surface area (Å²) in [6.45, 7) is 4.02. The van der Waals surface area contributed by atoms with E-state index in [0.717, 1.165) is 42.3 Å². The van der Waals surface area contributed by atoms with Gasteiger partial charge in [-0.1, -0.05) is 0 Å². The van der Waals surface area contributed by atoms with Gasteiger partial charge >= 0.3 is 0 Å². The van der Waals surface area contributed by atoms with Gasteiger partial charge in [-0.15, -0.1) is 11.3 Å². The molecule has 0 aromatic carbocycles. The Kier molecular flexibility index (Phi) is 3.98. The number of aromatic nitrogens is 2. The Balaban J connectivity index is 1.76. The third-order valence-electron chi connectivity index (χ3n) is 3.75. The molecular weight excluding hydrogens is 270 g/mol. The van der Waals surface area contributed by atoms with Crippen LogP contribution < -0.4 is 5.32 Å². The van der Waals surface area contributed by atoms with Gasteiger partial charge in [-0.3, -0.25) is 4.79 Å². The molecule has 0 saturated carbocycles. The van der Waals surface area contributed by atoms with Crippen LogP contribution in [0.15, 0.2) is 23.7 Å². The third-order valence-corrected chi connectivity index (χ3v) is 4.71. The van der Waals surface area contributed by atoms with Gasteiger partial charge in [0, 0.05) is 23.3 Å². The van der Waals surface area contributed by atoms with E-state index in [9.17, 15) is 4.79 Å². The highest BCUT2D eigenvalue weighted by Crippen LogP contribution is 2.22. The predicted molar refractivity (Wildman–Crippen MR) is 80.5 cm³/mol. The molecule has 0 spiro atoms. The van der Waals surface area contributed by atoms with Crippen LogP contribution in [0.5, 0.6) is 0 Å². The zero-order chi connectivity index (χ0) is 13.9. The monoisotopic (exact) mass is 289 g/mol. The first kappa shape index (κ1) is 13.5. The predicted octanol–water partition coefficient (Wildman–Crippen LogP) is 2.60. The number of carbonyl (C=O) groups excluding carboxylic acids is 1. The minimum atomic E-state index is 0.169. The Bertz CT molecular complexity index is 596. The Morgan fingerprint density at radius 3 is 3.00 bits per heavy atom. The number of piperidine rings is 1. The van der Waals surface area contributed by atoms with E-state index >= 15 is 0 Å². The summed E-state index contributed by atoms with van der Waals surface area (Å²) in [7, 11) is 0. The number of ketones is 1. The Hall–Kier alpha value is -1.46. The lowest BCUT2D eigenvalue weighted by atomic mass is 10.1. The highest BCUT2D eigenvalue weighted by molar-refractivity contribution is 7.09. The number of hydrogen-bond acceptors (Lipinski definition) is 4. The molecule has 1 aliphatic rings. The summed E-state index contributed by atoms with van der Waals surface area (Å²) in [6.07, 6.45) is 4.63. The van der Waals surface area contributed by atoms with Crippen molar-refractivity contribution in [1.82, 2.24) is 14.9 Å².